The molecule has 0 spiro atoms. The van der Waals surface area contributed by atoms with Crippen molar-refractivity contribution in [3.05, 3.63) is 18.2 Å². The summed E-state index contributed by atoms with van der Waals surface area (Å²) in [7, 11) is 1.90. The summed E-state index contributed by atoms with van der Waals surface area (Å²) < 4.78 is 1.83. The van der Waals surface area contributed by atoms with Crippen molar-refractivity contribution in [1.82, 2.24) is 19.8 Å². The normalized spacial score (nSPS) is 23.3. The summed E-state index contributed by atoms with van der Waals surface area (Å²) in [6, 6.07) is 0.903. The Bertz CT molecular complexity index is 446. The van der Waals surface area contributed by atoms with Gasteiger partial charge in [-0.25, -0.2) is 4.98 Å². The molecule has 0 aromatic carbocycles. The minimum absolute atomic E-state index is 0.0930. The number of carbonyl (C=O) groups excluding carboxylic acids is 1. The predicted octanol–water partition coefficient (Wildman–Crippen LogP) is 1.17. The first-order chi connectivity index (χ1) is 9.24. The highest BCUT2D eigenvalue weighted by Gasteiger charge is 2.35. The molecule has 104 valence electrons. The van der Waals surface area contributed by atoms with Gasteiger partial charge in [-0.1, -0.05) is 6.42 Å². The molecule has 1 atom stereocenters. The molecule has 1 unspecified atom stereocenters. The lowest BCUT2D eigenvalue weighted by Gasteiger charge is -2.30. The van der Waals surface area contributed by atoms with Gasteiger partial charge in [0, 0.05) is 31.9 Å². The third kappa shape index (κ3) is 2.97. The summed E-state index contributed by atoms with van der Waals surface area (Å²) in [6.07, 6.45) is 9.50. The van der Waals surface area contributed by atoms with Crippen LogP contribution < -0.4 is 5.32 Å². The Morgan fingerprint density at radius 3 is 2.89 bits per heavy atom. The van der Waals surface area contributed by atoms with Crippen molar-refractivity contribution in [2.75, 3.05) is 13.1 Å². The Balaban J connectivity index is 1.68. The third-order valence-corrected chi connectivity index (χ3v) is 4.00. The molecule has 2 fully saturated rings. The molecule has 0 bridgehead atoms. The third-order valence-electron chi connectivity index (χ3n) is 4.00. The first-order valence-corrected chi connectivity index (χ1v) is 7.26. The number of nitrogens with zero attached hydrogens (tertiary/aromatic N) is 3. The highest BCUT2D eigenvalue weighted by molar-refractivity contribution is 5.92. The van der Waals surface area contributed by atoms with Crippen LogP contribution in [0.1, 0.15) is 42.6 Å². The van der Waals surface area contributed by atoms with E-state index in [2.05, 4.69) is 10.3 Å². The predicted molar refractivity (Wildman–Crippen MR) is 72.9 cm³/mol. The molecule has 1 saturated carbocycles. The van der Waals surface area contributed by atoms with Gasteiger partial charge in [-0.3, -0.25) is 4.79 Å². The topological polar surface area (TPSA) is 50.2 Å². The molecule has 19 heavy (non-hydrogen) atoms. The Hall–Kier alpha value is -1.36. The summed E-state index contributed by atoms with van der Waals surface area (Å²) in [4.78, 5) is 18.8. The van der Waals surface area contributed by atoms with Crippen molar-refractivity contribution < 1.29 is 4.79 Å². The molecule has 1 aromatic rings. The first kappa shape index (κ1) is 12.7. The lowest BCUT2D eigenvalue weighted by molar-refractivity contribution is 0.0712. The fourth-order valence-corrected chi connectivity index (χ4v) is 2.77. The number of rotatable bonds is 4. The Kier molecular flexibility index (Phi) is 3.55. The van der Waals surface area contributed by atoms with Crippen LogP contribution in [0.15, 0.2) is 12.5 Å². The number of hydrogen-bond donors (Lipinski definition) is 1. The summed E-state index contributed by atoms with van der Waals surface area (Å²) in [6.45, 7) is 1.92. The molecule has 3 rings (SSSR count). The fraction of sp³-hybridized carbons (Fsp3) is 0.714. The van der Waals surface area contributed by atoms with Gasteiger partial charge in [0.15, 0.2) is 0 Å². The van der Waals surface area contributed by atoms with E-state index >= 15 is 0 Å². The molecule has 1 aromatic heterocycles. The number of piperidine rings is 1. The van der Waals surface area contributed by atoms with Crippen LogP contribution in [0.4, 0.5) is 0 Å². The molecule has 1 saturated heterocycles. The first-order valence-electron chi connectivity index (χ1n) is 7.26. The van der Waals surface area contributed by atoms with Crippen LogP contribution in [-0.4, -0.2) is 45.5 Å². The molecule has 1 amide bonds. The maximum Gasteiger partial charge on any atom is 0.274 e. The van der Waals surface area contributed by atoms with E-state index in [9.17, 15) is 4.79 Å². The van der Waals surface area contributed by atoms with Gasteiger partial charge in [-0.15, -0.1) is 0 Å². The van der Waals surface area contributed by atoms with Crippen LogP contribution in [-0.2, 0) is 7.05 Å². The van der Waals surface area contributed by atoms with Crippen molar-refractivity contribution >= 4 is 5.91 Å². The Labute approximate surface area is 114 Å². The number of imidazole rings is 1. The highest BCUT2D eigenvalue weighted by atomic mass is 16.2. The zero-order chi connectivity index (χ0) is 13.2. The number of aryl methyl sites for hydroxylation is 1. The summed E-state index contributed by atoms with van der Waals surface area (Å²) in [5, 5.41) is 3.52. The number of hydrogen-bond acceptors (Lipinski definition) is 3. The maximum atomic E-state index is 12.5. The standard InChI is InChI=1S/C14H22N4O/c1-17-9-13(16-10-17)14(19)18(12-5-6-12)8-11-4-2-3-7-15-11/h9-12,15H,2-8H2,1H3. The van der Waals surface area contributed by atoms with E-state index < -0.39 is 0 Å². The number of aromatic nitrogens is 2. The lowest BCUT2D eigenvalue weighted by atomic mass is 10.0. The quantitative estimate of drug-likeness (QED) is 0.886. The van der Waals surface area contributed by atoms with Gasteiger partial charge >= 0.3 is 0 Å². The molecule has 1 aliphatic heterocycles. The van der Waals surface area contributed by atoms with Crippen LogP contribution in [0.5, 0.6) is 0 Å². The Morgan fingerprint density at radius 1 is 1.47 bits per heavy atom. The van der Waals surface area contributed by atoms with E-state index in [1.165, 1.54) is 19.3 Å². The summed E-state index contributed by atoms with van der Waals surface area (Å²) in [5.74, 6) is 0.0930. The number of amides is 1. The summed E-state index contributed by atoms with van der Waals surface area (Å²) in [5.41, 5.74) is 0.574. The molecule has 2 aliphatic rings. The largest absolute Gasteiger partial charge is 0.340 e. The van der Waals surface area contributed by atoms with Crippen molar-refractivity contribution in [1.29, 1.82) is 0 Å². The van der Waals surface area contributed by atoms with Gasteiger partial charge in [-0.05, 0) is 32.2 Å². The van der Waals surface area contributed by atoms with Gasteiger partial charge in [-0.2, -0.15) is 0 Å². The molecule has 1 aliphatic carbocycles. The van der Waals surface area contributed by atoms with Gasteiger partial charge in [0.05, 0.1) is 6.33 Å². The van der Waals surface area contributed by atoms with Crippen LogP contribution >= 0.6 is 0 Å². The highest BCUT2D eigenvalue weighted by Crippen LogP contribution is 2.28. The Morgan fingerprint density at radius 2 is 2.32 bits per heavy atom. The van der Waals surface area contributed by atoms with Gasteiger partial charge < -0.3 is 14.8 Å². The maximum absolute atomic E-state index is 12.5. The van der Waals surface area contributed by atoms with Crippen molar-refractivity contribution in [3.8, 4) is 0 Å². The fourth-order valence-electron chi connectivity index (χ4n) is 2.77. The van der Waals surface area contributed by atoms with E-state index in [4.69, 9.17) is 0 Å². The average molecular weight is 262 g/mol. The second kappa shape index (κ2) is 5.33. The summed E-state index contributed by atoms with van der Waals surface area (Å²) >= 11 is 0. The molecular weight excluding hydrogens is 240 g/mol. The zero-order valence-electron chi connectivity index (χ0n) is 11.5. The number of carbonyl (C=O) groups is 1. The molecule has 0 radical (unpaired) electrons. The van der Waals surface area contributed by atoms with Gasteiger partial charge in [0.1, 0.15) is 5.69 Å². The molecule has 1 N–H and O–H groups in total. The van der Waals surface area contributed by atoms with E-state index in [0.29, 0.717) is 17.8 Å². The van der Waals surface area contributed by atoms with Gasteiger partial charge in [0.2, 0.25) is 0 Å². The average Bonchev–Trinajstić information content (AvgIpc) is 3.18. The second-order valence-electron chi connectivity index (χ2n) is 5.76. The molecule has 2 heterocycles. The SMILES string of the molecule is Cn1cnc(C(=O)N(CC2CCCCN2)C2CC2)c1. The number of nitrogens with one attached hydrogen (secondary N) is 1. The smallest absolute Gasteiger partial charge is 0.274 e. The van der Waals surface area contributed by atoms with Crippen molar-refractivity contribution in [2.24, 2.45) is 7.05 Å². The second-order valence-corrected chi connectivity index (χ2v) is 5.76. The zero-order valence-corrected chi connectivity index (χ0v) is 11.5. The lowest BCUT2D eigenvalue weighted by Crippen LogP contribution is -2.46. The molecular formula is C14H22N4O. The van der Waals surface area contributed by atoms with E-state index in [1.54, 1.807) is 6.33 Å². The van der Waals surface area contributed by atoms with Crippen molar-refractivity contribution in [2.45, 2.75) is 44.2 Å². The van der Waals surface area contributed by atoms with Crippen LogP contribution in [0.3, 0.4) is 0 Å². The van der Waals surface area contributed by atoms with Crippen molar-refractivity contribution in [3.63, 3.8) is 0 Å². The van der Waals surface area contributed by atoms with Crippen LogP contribution in [0, 0.1) is 0 Å². The van der Waals surface area contributed by atoms with E-state index in [0.717, 1.165) is 25.9 Å². The minimum atomic E-state index is 0.0930. The van der Waals surface area contributed by atoms with Crippen LogP contribution in [0.2, 0.25) is 0 Å². The monoisotopic (exact) mass is 262 g/mol. The molecule has 5 nitrogen and oxygen atoms in total. The van der Waals surface area contributed by atoms with Crippen LogP contribution in [0.25, 0.3) is 0 Å². The van der Waals surface area contributed by atoms with E-state index in [-0.39, 0.29) is 5.91 Å². The van der Waals surface area contributed by atoms with E-state index in [1.807, 2.05) is 22.7 Å². The van der Waals surface area contributed by atoms with Gasteiger partial charge in [0.25, 0.3) is 5.91 Å². The minimum Gasteiger partial charge on any atom is -0.340 e. The molecule has 5 heteroatoms.